The molecule has 0 N–H and O–H groups in total. The van der Waals surface area contributed by atoms with Crippen molar-refractivity contribution in [3.05, 3.63) is 18.2 Å². The Hall–Kier alpha value is -1.65. The van der Waals surface area contributed by atoms with Crippen molar-refractivity contribution < 1.29 is 14.3 Å². The molecule has 0 aliphatic rings. The molecule has 0 fully saturated rings. The van der Waals surface area contributed by atoms with E-state index in [9.17, 15) is 9.59 Å². The Morgan fingerprint density at radius 3 is 2.71 bits per heavy atom. The summed E-state index contributed by atoms with van der Waals surface area (Å²) in [6, 6.07) is 0. The van der Waals surface area contributed by atoms with Crippen LogP contribution in [-0.4, -0.2) is 28.4 Å². The SMILES string of the molecule is COC(=O)CCC(=O)c1nccn1C. The highest BCUT2D eigenvalue weighted by molar-refractivity contribution is 5.94. The second-order valence-corrected chi connectivity index (χ2v) is 2.86. The van der Waals surface area contributed by atoms with Gasteiger partial charge in [0.15, 0.2) is 11.6 Å². The van der Waals surface area contributed by atoms with Gasteiger partial charge in [-0.15, -0.1) is 0 Å². The third-order valence-electron chi connectivity index (χ3n) is 1.85. The summed E-state index contributed by atoms with van der Waals surface area (Å²) in [6.07, 6.45) is 3.47. The first kappa shape index (κ1) is 10.4. The molecule has 0 radical (unpaired) electrons. The monoisotopic (exact) mass is 196 g/mol. The predicted octanol–water partition coefficient (Wildman–Crippen LogP) is 0.556. The zero-order chi connectivity index (χ0) is 10.6. The lowest BCUT2D eigenvalue weighted by Gasteiger charge is -2.00. The molecule has 0 amide bonds. The summed E-state index contributed by atoms with van der Waals surface area (Å²) >= 11 is 0. The van der Waals surface area contributed by atoms with E-state index in [-0.39, 0.29) is 24.6 Å². The fourth-order valence-corrected chi connectivity index (χ4v) is 1.06. The molecule has 0 atom stereocenters. The molecule has 1 aromatic heterocycles. The molecule has 0 aromatic carbocycles. The molecule has 0 aliphatic carbocycles. The smallest absolute Gasteiger partial charge is 0.305 e. The van der Waals surface area contributed by atoms with Crippen molar-refractivity contribution >= 4 is 11.8 Å². The largest absolute Gasteiger partial charge is 0.469 e. The molecule has 0 spiro atoms. The van der Waals surface area contributed by atoms with Gasteiger partial charge in [0.1, 0.15) is 0 Å². The lowest BCUT2D eigenvalue weighted by molar-refractivity contribution is -0.140. The molecule has 0 aliphatic heterocycles. The fraction of sp³-hybridized carbons (Fsp3) is 0.444. The van der Waals surface area contributed by atoms with Crippen molar-refractivity contribution in [2.45, 2.75) is 12.8 Å². The van der Waals surface area contributed by atoms with Crippen molar-refractivity contribution in [1.29, 1.82) is 0 Å². The van der Waals surface area contributed by atoms with Gasteiger partial charge in [-0.05, 0) is 0 Å². The first-order valence-electron chi connectivity index (χ1n) is 4.22. The van der Waals surface area contributed by atoms with Gasteiger partial charge >= 0.3 is 5.97 Å². The number of aromatic nitrogens is 2. The quantitative estimate of drug-likeness (QED) is 0.521. The zero-order valence-electron chi connectivity index (χ0n) is 8.19. The van der Waals surface area contributed by atoms with Gasteiger partial charge in [0.05, 0.1) is 13.5 Å². The van der Waals surface area contributed by atoms with Crippen molar-refractivity contribution in [2.75, 3.05) is 7.11 Å². The highest BCUT2D eigenvalue weighted by atomic mass is 16.5. The van der Waals surface area contributed by atoms with Crippen LogP contribution < -0.4 is 0 Å². The highest BCUT2D eigenvalue weighted by Gasteiger charge is 2.12. The minimum atomic E-state index is -0.382. The minimum Gasteiger partial charge on any atom is -0.469 e. The molecule has 1 rings (SSSR count). The summed E-state index contributed by atoms with van der Waals surface area (Å²) in [5.41, 5.74) is 0. The number of rotatable bonds is 4. The normalized spacial score (nSPS) is 9.86. The molecule has 0 saturated heterocycles. The van der Waals surface area contributed by atoms with Crippen molar-refractivity contribution in [2.24, 2.45) is 7.05 Å². The van der Waals surface area contributed by atoms with E-state index in [0.29, 0.717) is 5.82 Å². The molecule has 1 aromatic rings. The van der Waals surface area contributed by atoms with E-state index >= 15 is 0 Å². The average molecular weight is 196 g/mol. The summed E-state index contributed by atoms with van der Waals surface area (Å²) in [7, 11) is 3.03. The Morgan fingerprint density at radius 1 is 1.50 bits per heavy atom. The zero-order valence-corrected chi connectivity index (χ0v) is 8.19. The number of hydrogen-bond acceptors (Lipinski definition) is 4. The van der Waals surface area contributed by atoms with Crippen LogP contribution in [0.25, 0.3) is 0 Å². The van der Waals surface area contributed by atoms with Crippen LogP contribution in [0.5, 0.6) is 0 Å². The molecule has 76 valence electrons. The van der Waals surface area contributed by atoms with E-state index in [2.05, 4.69) is 9.72 Å². The van der Waals surface area contributed by atoms with E-state index in [1.807, 2.05) is 0 Å². The Bertz CT molecular complexity index is 344. The van der Waals surface area contributed by atoms with E-state index in [4.69, 9.17) is 0 Å². The van der Waals surface area contributed by atoms with Crippen LogP contribution in [0.4, 0.5) is 0 Å². The molecule has 5 heteroatoms. The lowest BCUT2D eigenvalue weighted by Crippen LogP contribution is -2.10. The van der Waals surface area contributed by atoms with Crippen LogP contribution in [-0.2, 0) is 16.6 Å². The van der Waals surface area contributed by atoms with Crippen LogP contribution >= 0.6 is 0 Å². The number of imidazole rings is 1. The molecule has 5 nitrogen and oxygen atoms in total. The first-order valence-corrected chi connectivity index (χ1v) is 4.22. The Balaban J connectivity index is 2.52. The number of esters is 1. The number of ketones is 1. The average Bonchev–Trinajstić information content (AvgIpc) is 2.60. The maximum absolute atomic E-state index is 11.5. The summed E-state index contributed by atoms with van der Waals surface area (Å²) < 4.78 is 6.05. The Labute approximate surface area is 81.7 Å². The minimum absolute atomic E-state index is 0.0994. The number of aryl methyl sites for hydroxylation is 1. The van der Waals surface area contributed by atoms with Crippen molar-refractivity contribution in [1.82, 2.24) is 9.55 Å². The third kappa shape index (κ3) is 2.42. The van der Waals surface area contributed by atoms with Crippen LogP contribution in [0.1, 0.15) is 23.5 Å². The van der Waals surface area contributed by atoms with Gasteiger partial charge < -0.3 is 9.30 Å². The Kier molecular flexibility index (Phi) is 3.39. The second-order valence-electron chi connectivity index (χ2n) is 2.86. The molecule has 0 bridgehead atoms. The molecular formula is C9H12N2O3. The van der Waals surface area contributed by atoms with Gasteiger partial charge in [0.2, 0.25) is 0 Å². The van der Waals surface area contributed by atoms with Gasteiger partial charge in [0, 0.05) is 25.9 Å². The summed E-state index contributed by atoms with van der Waals surface area (Å²) in [4.78, 5) is 26.1. The number of ether oxygens (including phenoxy) is 1. The summed E-state index contributed by atoms with van der Waals surface area (Å²) in [5.74, 6) is -0.163. The molecule has 0 saturated carbocycles. The van der Waals surface area contributed by atoms with E-state index in [0.717, 1.165) is 0 Å². The van der Waals surface area contributed by atoms with Crippen LogP contribution in [0, 0.1) is 0 Å². The molecule has 14 heavy (non-hydrogen) atoms. The topological polar surface area (TPSA) is 61.2 Å². The molecule has 0 unspecified atom stereocenters. The van der Waals surface area contributed by atoms with E-state index < -0.39 is 0 Å². The number of nitrogens with zero attached hydrogens (tertiary/aromatic N) is 2. The molecular weight excluding hydrogens is 184 g/mol. The van der Waals surface area contributed by atoms with Gasteiger partial charge in [-0.1, -0.05) is 0 Å². The van der Waals surface area contributed by atoms with Gasteiger partial charge in [-0.25, -0.2) is 4.98 Å². The van der Waals surface area contributed by atoms with Crippen molar-refractivity contribution in [3.63, 3.8) is 0 Å². The predicted molar refractivity (Wildman–Crippen MR) is 48.8 cm³/mol. The summed E-state index contributed by atoms with van der Waals surface area (Å²) in [6.45, 7) is 0. The summed E-state index contributed by atoms with van der Waals surface area (Å²) in [5, 5.41) is 0. The fourth-order valence-electron chi connectivity index (χ4n) is 1.06. The maximum Gasteiger partial charge on any atom is 0.305 e. The number of carbonyl (C=O) groups excluding carboxylic acids is 2. The van der Waals surface area contributed by atoms with Crippen LogP contribution in [0.3, 0.4) is 0 Å². The van der Waals surface area contributed by atoms with Gasteiger partial charge in [-0.3, -0.25) is 9.59 Å². The standard InChI is InChI=1S/C9H12N2O3/c1-11-6-5-10-9(11)7(12)3-4-8(13)14-2/h5-6H,3-4H2,1-2H3. The maximum atomic E-state index is 11.5. The second kappa shape index (κ2) is 4.55. The number of hydrogen-bond donors (Lipinski definition) is 0. The number of carbonyl (C=O) groups is 2. The van der Waals surface area contributed by atoms with Crippen LogP contribution in [0.2, 0.25) is 0 Å². The highest BCUT2D eigenvalue weighted by Crippen LogP contribution is 2.02. The Morgan fingerprint density at radius 2 is 2.21 bits per heavy atom. The molecule has 1 heterocycles. The lowest BCUT2D eigenvalue weighted by atomic mass is 10.2. The third-order valence-corrected chi connectivity index (χ3v) is 1.85. The van der Waals surface area contributed by atoms with E-state index in [1.54, 1.807) is 24.0 Å². The van der Waals surface area contributed by atoms with E-state index in [1.165, 1.54) is 7.11 Å². The van der Waals surface area contributed by atoms with Crippen molar-refractivity contribution in [3.8, 4) is 0 Å². The number of Topliss-reactive ketones (excluding diaryl/α,β-unsaturated/α-hetero) is 1. The number of methoxy groups -OCH3 is 1. The van der Waals surface area contributed by atoms with Gasteiger partial charge in [-0.2, -0.15) is 0 Å². The first-order chi connectivity index (χ1) is 6.65. The van der Waals surface area contributed by atoms with Crippen LogP contribution in [0.15, 0.2) is 12.4 Å². The van der Waals surface area contributed by atoms with Gasteiger partial charge in [0.25, 0.3) is 0 Å².